The highest BCUT2D eigenvalue weighted by atomic mass is 35.5. The fourth-order valence-corrected chi connectivity index (χ4v) is 9.02. The number of nitrogens with zero attached hydrogens (tertiary/aromatic N) is 1. The molecule has 1 aromatic rings. The second-order valence-electron chi connectivity index (χ2n) is 18.1. The first-order valence-electron chi connectivity index (χ1n) is 21.6. The second kappa shape index (κ2) is 22.5. The molecular formula is C45H70Cl2N3O13+. The van der Waals surface area contributed by atoms with Gasteiger partial charge < -0.3 is 47.9 Å². The van der Waals surface area contributed by atoms with Gasteiger partial charge in [-0.1, -0.05) is 52.0 Å². The number of nitrogens with one attached hydrogen (secondary N) is 2. The van der Waals surface area contributed by atoms with Crippen molar-refractivity contribution >= 4 is 41.1 Å². The Kier molecular flexibility index (Phi) is 18.9. The number of methoxy groups -OCH3 is 2. The molecule has 356 valence electrons. The summed E-state index contributed by atoms with van der Waals surface area (Å²) in [4.78, 5) is 35.4. The van der Waals surface area contributed by atoms with Crippen molar-refractivity contribution in [1.82, 2.24) is 5.32 Å². The predicted molar refractivity (Wildman–Crippen MR) is 238 cm³/mol. The van der Waals surface area contributed by atoms with Gasteiger partial charge in [0.2, 0.25) is 0 Å². The van der Waals surface area contributed by atoms with E-state index in [2.05, 4.69) is 71.2 Å². The highest BCUT2D eigenvalue weighted by Crippen LogP contribution is 2.60. The van der Waals surface area contributed by atoms with Crippen LogP contribution in [0.5, 0.6) is 5.75 Å². The lowest BCUT2D eigenvalue weighted by Crippen LogP contribution is -3.08. The van der Waals surface area contributed by atoms with Gasteiger partial charge in [-0.3, -0.25) is 10.1 Å². The number of hydrogen-bond donors (Lipinski definition) is 2. The molecule has 2 aliphatic carbocycles. The standard InChI is InChI=1S/C23H29NO8.C19H31NO5.C2H7N.CH2Cl2/c1-14(2)5-10-18-22(3,32-18)20-19(28-4)17(11-12-23(20)13-29-23)31-21(25)30-16-8-6-15(7-9-16)24(26)27;1-12(2)7-8-14-18(3,25-14)16-15(22-6)13(24-17(21)20(4)5)9-10-19(16)11-23-19;1-3-2;2-1-3/h5-10,14,17-20H,11-13H2,1-4H3;7-8,12-16H,9-11H2,1-6H3;3H,1-2H3;1H2/p+1/b10-5+;8-7+;;/t17-,18-,19-,20?,22+,23+;13-,14-,15-,16?,18+,19+;;/m11../s1. The van der Waals surface area contributed by atoms with Gasteiger partial charge in [0.05, 0.1) is 49.4 Å². The van der Waals surface area contributed by atoms with E-state index in [1.54, 1.807) is 28.3 Å². The van der Waals surface area contributed by atoms with Crippen molar-refractivity contribution in [3.8, 4) is 5.75 Å². The van der Waals surface area contributed by atoms with E-state index in [9.17, 15) is 19.7 Å². The van der Waals surface area contributed by atoms with Crippen LogP contribution >= 0.6 is 23.2 Å². The van der Waals surface area contributed by atoms with Crippen molar-refractivity contribution in [3.05, 3.63) is 58.7 Å². The summed E-state index contributed by atoms with van der Waals surface area (Å²) in [6.45, 7) is 14.1. The van der Waals surface area contributed by atoms with Crippen LogP contribution in [0.4, 0.5) is 15.3 Å². The van der Waals surface area contributed by atoms with E-state index in [1.165, 1.54) is 24.3 Å². The summed E-state index contributed by atoms with van der Waals surface area (Å²) in [6.07, 6.45) is 8.93. The molecule has 7 rings (SSSR count). The molecular weight excluding hydrogens is 861 g/mol. The lowest BCUT2D eigenvalue weighted by atomic mass is 9.68. The van der Waals surface area contributed by atoms with E-state index >= 15 is 0 Å². The van der Waals surface area contributed by atoms with Crippen LogP contribution < -0.4 is 15.0 Å². The lowest BCUT2D eigenvalue weighted by molar-refractivity contribution is -0.779. The topological polar surface area (TPSA) is 190 Å². The minimum atomic E-state index is -0.879. The molecule has 63 heavy (non-hydrogen) atoms. The Hall–Kier alpha value is -2.90. The molecule has 4 aliphatic heterocycles. The number of alkyl halides is 2. The first-order chi connectivity index (χ1) is 29.7. The van der Waals surface area contributed by atoms with Crippen molar-refractivity contribution in [1.29, 1.82) is 0 Å². The van der Waals surface area contributed by atoms with Gasteiger partial charge in [-0.05, 0) is 77.6 Å². The summed E-state index contributed by atoms with van der Waals surface area (Å²) in [5.74, 6) is 1.02. The molecule has 4 saturated heterocycles. The molecule has 12 atom stereocenters. The van der Waals surface area contributed by atoms with Crippen molar-refractivity contribution in [2.24, 2.45) is 23.7 Å². The van der Waals surface area contributed by atoms with E-state index in [0.29, 0.717) is 29.8 Å². The predicted octanol–water partition coefficient (Wildman–Crippen LogP) is 6.50. The highest BCUT2D eigenvalue weighted by molar-refractivity contribution is 6.40. The van der Waals surface area contributed by atoms with Crippen LogP contribution in [0.25, 0.3) is 0 Å². The van der Waals surface area contributed by atoms with Gasteiger partial charge >= 0.3 is 12.2 Å². The Morgan fingerprint density at radius 3 is 1.57 bits per heavy atom. The molecule has 2 saturated carbocycles. The summed E-state index contributed by atoms with van der Waals surface area (Å²) in [5.41, 5.74) is -1.40. The number of quaternary nitrogens is 1. The Morgan fingerprint density at radius 2 is 1.24 bits per heavy atom. The third-order valence-corrected chi connectivity index (χ3v) is 12.3. The molecule has 0 aromatic heterocycles. The van der Waals surface area contributed by atoms with Crippen LogP contribution in [-0.2, 0) is 37.9 Å². The molecule has 6 fully saturated rings. The minimum Gasteiger partial charge on any atom is -0.428 e. The van der Waals surface area contributed by atoms with E-state index in [1.807, 2.05) is 14.1 Å². The Labute approximate surface area is 382 Å². The first-order valence-corrected chi connectivity index (χ1v) is 22.7. The quantitative estimate of drug-likeness (QED) is 0.0440. The zero-order valence-electron chi connectivity index (χ0n) is 38.9. The van der Waals surface area contributed by atoms with Crippen molar-refractivity contribution in [2.45, 2.75) is 126 Å². The normalized spacial score (nSPS) is 35.9. The number of non-ortho nitro benzene ring substituents is 1. The minimum absolute atomic E-state index is 0.0422. The number of nitro groups is 1. The van der Waals surface area contributed by atoms with Gasteiger partial charge in [-0.2, -0.15) is 4.79 Å². The van der Waals surface area contributed by atoms with Crippen LogP contribution in [0, 0.1) is 33.8 Å². The summed E-state index contributed by atoms with van der Waals surface area (Å²) in [5, 5.41) is 13.7. The Balaban J connectivity index is 0.000000252. The number of hydrogen-bond acceptors (Lipinski definition) is 14. The highest BCUT2D eigenvalue weighted by Gasteiger charge is 2.73. The second-order valence-corrected chi connectivity index (χ2v) is 19.0. The van der Waals surface area contributed by atoms with E-state index in [-0.39, 0.29) is 75.9 Å². The number of epoxide rings is 4. The van der Waals surface area contributed by atoms with E-state index in [0.717, 1.165) is 25.9 Å². The number of halogens is 2. The number of ether oxygens (including phenoxy) is 9. The van der Waals surface area contributed by atoms with Crippen LogP contribution in [0.15, 0.2) is 48.6 Å². The molecule has 4 heterocycles. The van der Waals surface area contributed by atoms with Gasteiger partial charge in [0, 0.05) is 26.4 Å². The first kappa shape index (κ1) is 52.7. The largest absolute Gasteiger partial charge is 0.514 e. The maximum atomic E-state index is 12.4. The molecule has 2 N–H and O–H groups in total. The number of nitro benzene ring substituents is 1. The Morgan fingerprint density at radius 1 is 0.841 bits per heavy atom. The average molecular weight is 932 g/mol. The number of allylic oxidation sites excluding steroid dienone is 2. The molecule has 6 aliphatic rings. The number of alkyl carbamates (subject to hydrolysis) is 2. The average Bonchev–Trinajstić information content (AvgIpc) is 4.11. The summed E-state index contributed by atoms with van der Waals surface area (Å²) in [6, 6.07) is 5.24. The van der Waals surface area contributed by atoms with Crippen LogP contribution in [0.3, 0.4) is 0 Å². The smallest absolute Gasteiger partial charge is 0.428 e. The maximum Gasteiger partial charge on any atom is 0.514 e. The number of amides is 1. The summed E-state index contributed by atoms with van der Waals surface area (Å²) >= 11 is 9.53. The zero-order chi connectivity index (χ0) is 46.9. The van der Waals surface area contributed by atoms with E-state index in [4.69, 9.17) is 65.8 Å². The van der Waals surface area contributed by atoms with Gasteiger partial charge in [0.15, 0.2) is 0 Å². The fraction of sp³-hybridized carbons (Fsp3) is 0.733. The van der Waals surface area contributed by atoms with Crippen LogP contribution in [-0.4, -0.2) is 137 Å². The number of carbonyl (C=O) groups excluding carboxylic acids is 2. The van der Waals surface area contributed by atoms with Crippen molar-refractivity contribution in [3.63, 3.8) is 0 Å². The molecule has 2 unspecified atom stereocenters. The third kappa shape index (κ3) is 13.1. The molecule has 18 heteroatoms. The van der Waals surface area contributed by atoms with Crippen LogP contribution in [0.2, 0.25) is 0 Å². The van der Waals surface area contributed by atoms with Gasteiger partial charge in [0.1, 0.15) is 64.8 Å². The van der Waals surface area contributed by atoms with Gasteiger partial charge in [0.25, 0.3) is 5.69 Å². The van der Waals surface area contributed by atoms with Crippen molar-refractivity contribution < 1.29 is 62.0 Å². The number of rotatable bonds is 12. The van der Waals surface area contributed by atoms with Gasteiger partial charge in [-0.15, -0.1) is 23.2 Å². The van der Waals surface area contributed by atoms with Crippen LogP contribution in [0.1, 0.15) is 67.2 Å². The SMILES string of the molecule is CNC.CO[C@H]1C([C@@]2(C)O[C@@H]2/C=C/C(C)C)[C@]2(CC[C@H]1OC(=O)Oc1ccc([N+](=O)[O-])cc1)CO2.CO[C@H]1C([C@@]2(C)O[C@@H]2/C=C/C(C)C)[C@]2(CC[C@H]1OC(=O)[NH+](C)C)CO2.ClCCl. The number of carbonyl (C=O) groups is 2. The van der Waals surface area contributed by atoms with E-state index < -0.39 is 28.9 Å². The fourth-order valence-electron chi connectivity index (χ4n) is 9.02. The summed E-state index contributed by atoms with van der Waals surface area (Å²) < 4.78 is 52.3. The molecule has 0 bridgehead atoms. The lowest BCUT2D eigenvalue weighted by Gasteiger charge is -2.42. The van der Waals surface area contributed by atoms with Crippen molar-refractivity contribution in [2.75, 3.05) is 61.0 Å². The number of benzene rings is 1. The van der Waals surface area contributed by atoms with Gasteiger partial charge in [-0.25, -0.2) is 9.69 Å². The Bertz CT molecular complexity index is 1720. The molecule has 0 radical (unpaired) electrons. The molecule has 1 amide bonds. The maximum absolute atomic E-state index is 12.4. The molecule has 2 spiro atoms. The molecule has 1 aromatic carbocycles. The zero-order valence-corrected chi connectivity index (χ0v) is 40.4. The summed E-state index contributed by atoms with van der Waals surface area (Å²) in [7, 11) is 10.6. The monoisotopic (exact) mass is 930 g/mol. The molecule has 16 nitrogen and oxygen atoms in total. The third-order valence-electron chi connectivity index (χ3n) is 12.3.